The van der Waals surface area contributed by atoms with Gasteiger partial charge < -0.3 is 14.6 Å². The molecule has 1 atom stereocenters. The molecule has 4 nitrogen and oxygen atoms in total. The number of hydrogen-bond acceptors (Lipinski definition) is 3. The Morgan fingerprint density at radius 2 is 2.15 bits per heavy atom. The summed E-state index contributed by atoms with van der Waals surface area (Å²) in [5.74, 6) is 1.25. The van der Waals surface area contributed by atoms with Crippen molar-refractivity contribution in [2.24, 2.45) is 5.92 Å². The van der Waals surface area contributed by atoms with E-state index in [-0.39, 0.29) is 18.3 Å². The van der Waals surface area contributed by atoms with Crippen LogP contribution < -0.4 is 5.32 Å². The number of aryl methyl sites for hydroxylation is 1. The van der Waals surface area contributed by atoms with E-state index in [1.54, 1.807) is 6.26 Å². The first-order valence-electron chi connectivity index (χ1n) is 9.42. The number of carbonyl (C=O) groups is 1. The average molecular weight is 379 g/mol. The van der Waals surface area contributed by atoms with E-state index in [0.717, 1.165) is 42.6 Å². The third-order valence-corrected chi connectivity index (χ3v) is 5.37. The summed E-state index contributed by atoms with van der Waals surface area (Å²) in [6.45, 7) is 9.26. The van der Waals surface area contributed by atoms with Gasteiger partial charge in [0.15, 0.2) is 0 Å². The third-order valence-electron chi connectivity index (χ3n) is 5.37. The zero-order chi connectivity index (χ0) is 18.0. The van der Waals surface area contributed by atoms with Gasteiger partial charge in [0, 0.05) is 24.0 Å². The van der Waals surface area contributed by atoms with E-state index < -0.39 is 0 Å². The lowest BCUT2D eigenvalue weighted by Crippen LogP contribution is -2.43. The van der Waals surface area contributed by atoms with E-state index in [0.29, 0.717) is 18.3 Å². The summed E-state index contributed by atoms with van der Waals surface area (Å²) in [6.07, 6.45) is 4.50. The molecule has 144 valence electrons. The van der Waals surface area contributed by atoms with Crippen LogP contribution in [0.5, 0.6) is 0 Å². The molecule has 0 bridgehead atoms. The molecule has 1 N–H and O–H groups in total. The summed E-state index contributed by atoms with van der Waals surface area (Å²) in [5, 5.41) is 4.33. The molecule has 1 unspecified atom stereocenters. The van der Waals surface area contributed by atoms with Gasteiger partial charge in [0.2, 0.25) is 5.91 Å². The minimum Gasteiger partial charge on any atom is -0.464 e. The van der Waals surface area contributed by atoms with Gasteiger partial charge in [0.1, 0.15) is 5.58 Å². The highest BCUT2D eigenvalue weighted by Crippen LogP contribution is 2.29. The van der Waals surface area contributed by atoms with E-state index in [1.807, 2.05) is 11.9 Å². The van der Waals surface area contributed by atoms with Crippen LogP contribution in [-0.4, -0.2) is 37.5 Å². The molecular weight excluding hydrogens is 348 g/mol. The third kappa shape index (κ3) is 4.41. The van der Waals surface area contributed by atoms with E-state index in [1.165, 1.54) is 17.5 Å². The smallest absolute Gasteiger partial charge is 0.227 e. The second-order valence-electron chi connectivity index (χ2n) is 7.70. The number of amides is 1. The van der Waals surface area contributed by atoms with Gasteiger partial charge in [-0.25, -0.2) is 0 Å². The largest absolute Gasteiger partial charge is 0.464 e. The quantitative estimate of drug-likeness (QED) is 0.844. The molecule has 1 aromatic carbocycles. The van der Waals surface area contributed by atoms with E-state index in [4.69, 9.17) is 4.42 Å². The maximum absolute atomic E-state index is 12.8. The van der Waals surface area contributed by atoms with Crippen LogP contribution in [0.2, 0.25) is 0 Å². The molecule has 0 spiro atoms. The molecule has 5 heteroatoms. The standard InChI is InChI=1S/C21H30N2O2.ClH/c1-14(2)18-10-19-17(13-25-20(19)8-15(18)3)9-21(24)23-7-5-6-16(12-23)11-22-4;/h8,10,13-14,16,22H,5-7,9,11-12H2,1-4H3;1H. The average Bonchev–Trinajstić information content (AvgIpc) is 2.96. The van der Waals surface area contributed by atoms with E-state index in [2.05, 4.69) is 38.2 Å². The molecular formula is C21H31ClN2O2. The van der Waals surface area contributed by atoms with Gasteiger partial charge in [-0.05, 0) is 68.5 Å². The van der Waals surface area contributed by atoms with Gasteiger partial charge in [0.25, 0.3) is 0 Å². The van der Waals surface area contributed by atoms with Crippen molar-refractivity contribution in [1.29, 1.82) is 0 Å². The number of furan rings is 1. The Morgan fingerprint density at radius 1 is 1.38 bits per heavy atom. The summed E-state index contributed by atoms with van der Waals surface area (Å²) in [7, 11) is 1.98. The minimum atomic E-state index is 0. The lowest BCUT2D eigenvalue weighted by molar-refractivity contribution is -0.132. The van der Waals surface area contributed by atoms with Crippen molar-refractivity contribution >= 4 is 29.3 Å². The second-order valence-corrected chi connectivity index (χ2v) is 7.70. The molecule has 0 radical (unpaired) electrons. The fourth-order valence-corrected chi connectivity index (χ4v) is 4.03. The van der Waals surface area contributed by atoms with Crippen molar-refractivity contribution in [3.63, 3.8) is 0 Å². The molecule has 2 heterocycles. The number of carbonyl (C=O) groups excluding carboxylic acids is 1. The Balaban J connectivity index is 0.00000243. The molecule has 0 saturated carbocycles. The van der Waals surface area contributed by atoms with Crippen molar-refractivity contribution in [3.8, 4) is 0 Å². The zero-order valence-corrected chi connectivity index (χ0v) is 17.1. The van der Waals surface area contributed by atoms with E-state index in [9.17, 15) is 4.79 Å². The number of hydrogen-bond donors (Lipinski definition) is 1. The van der Waals surface area contributed by atoms with Crippen LogP contribution in [0.25, 0.3) is 11.0 Å². The van der Waals surface area contributed by atoms with Crippen LogP contribution in [0.15, 0.2) is 22.8 Å². The number of fused-ring (bicyclic) bond motifs is 1. The normalized spacial score (nSPS) is 17.6. The highest BCUT2D eigenvalue weighted by molar-refractivity contribution is 5.88. The monoisotopic (exact) mass is 378 g/mol. The van der Waals surface area contributed by atoms with Crippen LogP contribution in [0.4, 0.5) is 0 Å². The molecule has 1 aliphatic rings. The van der Waals surface area contributed by atoms with Crippen LogP contribution in [0.3, 0.4) is 0 Å². The van der Waals surface area contributed by atoms with Crippen LogP contribution in [-0.2, 0) is 11.2 Å². The van der Waals surface area contributed by atoms with Crippen molar-refractivity contribution in [1.82, 2.24) is 10.2 Å². The number of piperidine rings is 1. The molecule has 1 fully saturated rings. The summed E-state index contributed by atoms with van der Waals surface area (Å²) >= 11 is 0. The SMILES string of the molecule is CNCC1CCCN(C(=O)Cc2coc3cc(C)c(C(C)C)cc23)C1.Cl. The predicted molar refractivity (Wildman–Crippen MR) is 109 cm³/mol. The van der Waals surface area contributed by atoms with Crippen molar-refractivity contribution in [2.75, 3.05) is 26.7 Å². The van der Waals surface area contributed by atoms with Gasteiger partial charge in [-0.3, -0.25) is 4.79 Å². The Kier molecular flexibility index (Phi) is 7.13. The summed E-state index contributed by atoms with van der Waals surface area (Å²) < 4.78 is 5.73. The Hall–Kier alpha value is -1.52. The molecule has 2 aromatic rings. The Labute approximate surface area is 162 Å². The first-order chi connectivity index (χ1) is 12.0. The predicted octanol–water partition coefficient (Wildman–Crippen LogP) is 4.29. The Morgan fingerprint density at radius 3 is 2.85 bits per heavy atom. The lowest BCUT2D eigenvalue weighted by atomic mass is 9.94. The Bertz CT molecular complexity index is 752. The molecule has 1 aliphatic heterocycles. The summed E-state index contributed by atoms with van der Waals surface area (Å²) in [5.41, 5.74) is 4.48. The molecule has 1 aromatic heterocycles. The van der Waals surface area contributed by atoms with Crippen LogP contribution in [0, 0.1) is 12.8 Å². The fraction of sp³-hybridized carbons (Fsp3) is 0.571. The van der Waals surface area contributed by atoms with Crippen molar-refractivity contribution in [2.45, 2.75) is 46.0 Å². The maximum Gasteiger partial charge on any atom is 0.227 e. The second kappa shape index (κ2) is 8.92. The summed E-state index contributed by atoms with van der Waals surface area (Å²) in [6, 6.07) is 4.31. The van der Waals surface area contributed by atoms with Gasteiger partial charge in [0.05, 0.1) is 12.7 Å². The summed E-state index contributed by atoms with van der Waals surface area (Å²) in [4.78, 5) is 14.8. The van der Waals surface area contributed by atoms with Crippen molar-refractivity contribution < 1.29 is 9.21 Å². The van der Waals surface area contributed by atoms with Gasteiger partial charge in [-0.2, -0.15) is 0 Å². The number of nitrogens with zero attached hydrogens (tertiary/aromatic N) is 1. The number of halogens is 1. The van der Waals surface area contributed by atoms with Gasteiger partial charge in [-0.1, -0.05) is 13.8 Å². The van der Waals surface area contributed by atoms with Gasteiger partial charge >= 0.3 is 0 Å². The van der Waals surface area contributed by atoms with Crippen LogP contribution >= 0.6 is 12.4 Å². The van der Waals surface area contributed by atoms with Gasteiger partial charge in [-0.15, -0.1) is 12.4 Å². The topological polar surface area (TPSA) is 45.5 Å². The van der Waals surface area contributed by atoms with E-state index >= 15 is 0 Å². The number of benzene rings is 1. The lowest BCUT2D eigenvalue weighted by Gasteiger charge is -2.32. The molecule has 0 aliphatic carbocycles. The number of rotatable bonds is 5. The first-order valence-corrected chi connectivity index (χ1v) is 9.42. The zero-order valence-electron chi connectivity index (χ0n) is 16.3. The minimum absolute atomic E-state index is 0. The molecule has 1 saturated heterocycles. The highest BCUT2D eigenvalue weighted by Gasteiger charge is 2.24. The molecule has 26 heavy (non-hydrogen) atoms. The van der Waals surface area contributed by atoms with Crippen molar-refractivity contribution in [3.05, 3.63) is 35.1 Å². The molecule has 1 amide bonds. The first kappa shape index (κ1) is 20.8. The maximum atomic E-state index is 12.8. The number of nitrogens with one attached hydrogen (secondary N) is 1. The molecule has 3 rings (SSSR count). The highest BCUT2D eigenvalue weighted by atomic mass is 35.5. The fourth-order valence-electron chi connectivity index (χ4n) is 4.03. The van der Waals surface area contributed by atoms with Crippen LogP contribution in [0.1, 0.15) is 49.3 Å². The number of likely N-dealkylation sites (tertiary alicyclic amines) is 1.